The van der Waals surface area contributed by atoms with E-state index in [-0.39, 0.29) is 0 Å². The van der Waals surface area contributed by atoms with E-state index in [1.807, 2.05) is 6.20 Å². The first kappa shape index (κ1) is 17.9. The number of pyridine rings is 1. The molecule has 2 saturated heterocycles. The number of likely N-dealkylation sites (tertiary alicyclic amines) is 1. The van der Waals surface area contributed by atoms with Crippen molar-refractivity contribution in [3.63, 3.8) is 0 Å². The number of aromatic amines is 1. The zero-order valence-corrected chi connectivity index (χ0v) is 15.5. The number of alkyl halides is 3. The zero-order chi connectivity index (χ0) is 18.5. The fraction of sp³-hybridized carbons (Fsp3) is 0.500. The van der Waals surface area contributed by atoms with Crippen LogP contribution in [0, 0.1) is 19.3 Å². The van der Waals surface area contributed by atoms with Gasteiger partial charge in [0.25, 0.3) is 0 Å². The van der Waals surface area contributed by atoms with Gasteiger partial charge in [-0.3, -0.25) is 4.90 Å². The molecule has 2 aromatic rings. The second-order valence-corrected chi connectivity index (χ2v) is 8.61. The summed E-state index contributed by atoms with van der Waals surface area (Å²) in [4.78, 5) is 10.1. The summed E-state index contributed by atoms with van der Waals surface area (Å²) in [6.45, 7) is 8.84. The second kappa shape index (κ2) is 6.28. The summed E-state index contributed by atoms with van der Waals surface area (Å²) in [5, 5.41) is 0. The lowest BCUT2D eigenvalue weighted by atomic mass is 9.74. The highest BCUT2D eigenvalue weighted by atomic mass is 32.2. The van der Waals surface area contributed by atoms with Crippen LogP contribution in [0.4, 0.5) is 13.2 Å². The molecule has 4 nitrogen and oxygen atoms in total. The summed E-state index contributed by atoms with van der Waals surface area (Å²) in [7, 11) is 0. The van der Waals surface area contributed by atoms with Gasteiger partial charge in [0.05, 0.1) is 5.69 Å². The summed E-state index contributed by atoms with van der Waals surface area (Å²) >= 11 is 1.52. The molecule has 0 aromatic carbocycles. The van der Waals surface area contributed by atoms with Crippen LogP contribution in [-0.2, 0) is 12.7 Å². The van der Waals surface area contributed by atoms with Gasteiger partial charge in [0.15, 0.2) is 0 Å². The van der Waals surface area contributed by atoms with E-state index in [1.165, 1.54) is 29.1 Å². The summed E-state index contributed by atoms with van der Waals surface area (Å²) in [5.41, 5.74) is 2.60. The highest BCUT2D eigenvalue weighted by Gasteiger charge is 2.51. The maximum absolute atomic E-state index is 12.7. The zero-order valence-electron chi connectivity index (χ0n) is 14.7. The van der Waals surface area contributed by atoms with Crippen LogP contribution in [0.15, 0.2) is 29.4 Å². The lowest BCUT2D eigenvalue weighted by Gasteiger charge is -2.60. The van der Waals surface area contributed by atoms with Crippen LogP contribution in [0.1, 0.15) is 22.5 Å². The van der Waals surface area contributed by atoms with E-state index in [9.17, 15) is 13.2 Å². The monoisotopic (exact) mass is 382 g/mol. The Bertz CT molecular complexity index is 803. The molecule has 0 unspecified atom stereocenters. The van der Waals surface area contributed by atoms with Gasteiger partial charge >= 0.3 is 6.18 Å². The smallest absolute Gasteiger partial charge is 0.367 e. The molecule has 140 valence electrons. The predicted octanol–water partition coefficient (Wildman–Crippen LogP) is 3.87. The number of rotatable bonds is 4. The van der Waals surface area contributed by atoms with Crippen LogP contribution in [0.25, 0.3) is 0 Å². The van der Waals surface area contributed by atoms with Crippen molar-refractivity contribution in [1.29, 1.82) is 0 Å². The van der Waals surface area contributed by atoms with Crippen LogP contribution in [0.3, 0.4) is 0 Å². The minimum atomic E-state index is -4.39. The Labute approximate surface area is 154 Å². The van der Waals surface area contributed by atoms with E-state index >= 15 is 0 Å². The molecule has 4 rings (SSSR count). The molecular formula is C18H21F3N4S. The molecule has 4 heterocycles. The van der Waals surface area contributed by atoms with Crippen LogP contribution >= 0.6 is 11.9 Å². The van der Waals surface area contributed by atoms with Crippen molar-refractivity contribution in [3.8, 4) is 0 Å². The standard InChI is InChI=1S/C18H21F3N4S/c1-12-5-22-6-14(12)7-24-8-17(9-24)10-25(11-17)26-15-3-4-16(18(19,20)21)23-13(15)2/h3-6,22H,7-11H2,1-2H3. The third-order valence-electron chi connectivity index (χ3n) is 5.15. The Morgan fingerprint density at radius 1 is 1.15 bits per heavy atom. The number of halogens is 3. The fourth-order valence-electron chi connectivity index (χ4n) is 3.81. The lowest BCUT2D eigenvalue weighted by molar-refractivity contribution is -0.141. The minimum Gasteiger partial charge on any atom is -0.367 e. The number of hydrogen-bond donors (Lipinski definition) is 1. The van der Waals surface area contributed by atoms with Gasteiger partial charge in [-0.25, -0.2) is 9.29 Å². The summed E-state index contributed by atoms with van der Waals surface area (Å²) < 4.78 is 40.3. The molecule has 0 bridgehead atoms. The molecular weight excluding hydrogens is 361 g/mol. The van der Waals surface area contributed by atoms with Gasteiger partial charge in [-0.1, -0.05) is 0 Å². The topological polar surface area (TPSA) is 35.2 Å². The number of H-pyrrole nitrogens is 1. The third-order valence-corrected chi connectivity index (χ3v) is 6.30. The van der Waals surface area contributed by atoms with E-state index in [1.54, 1.807) is 6.92 Å². The highest BCUT2D eigenvalue weighted by Crippen LogP contribution is 2.45. The maximum Gasteiger partial charge on any atom is 0.433 e. The molecule has 0 saturated carbocycles. The first-order valence-electron chi connectivity index (χ1n) is 8.57. The second-order valence-electron chi connectivity index (χ2n) is 7.48. The first-order valence-corrected chi connectivity index (χ1v) is 9.34. The van der Waals surface area contributed by atoms with Crippen molar-refractivity contribution >= 4 is 11.9 Å². The average molecular weight is 382 g/mol. The van der Waals surface area contributed by atoms with Gasteiger partial charge in [0.2, 0.25) is 0 Å². The molecule has 0 amide bonds. The largest absolute Gasteiger partial charge is 0.433 e. The van der Waals surface area contributed by atoms with Crippen molar-refractivity contribution < 1.29 is 13.2 Å². The molecule has 0 atom stereocenters. The average Bonchev–Trinajstić information content (AvgIpc) is 2.88. The van der Waals surface area contributed by atoms with E-state index in [2.05, 4.69) is 32.3 Å². The van der Waals surface area contributed by atoms with Crippen LogP contribution in [-0.4, -0.2) is 45.4 Å². The van der Waals surface area contributed by atoms with E-state index in [0.717, 1.165) is 43.7 Å². The Hall–Kier alpha value is -1.51. The minimum absolute atomic E-state index is 0.352. The molecule has 2 aliphatic rings. The molecule has 1 N–H and O–H groups in total. The number of aryl methyl sites for hydroxylation is 2. The number of hydrogen-bond acceptors (Lipinski definition) is 4. The van der Waals surface area contributed by atoms with Crippen LogP contribution in [0.2, 0.25) is 0 Å². The van der Waals surface area contributed by atoms with E-state index in [0.29, 0.717) is 11.1 Å². The summed E-state index contributed by atoms with van der Waals surface area (Å²) in [6, 6.07) is 2.59. The summed E-state index contributed by atoms with van der Waals surface area (Å²) in [6.07, 6.45) is -0.307. The van der Waals surface area contributed by atoms with Crippen molar-refractivity contribution in [2.45, 2.75) is 31.5 Å². The van der Waals surface area contributed by atoms with E-state index < -0.39 is 11.9 Å². The fourth-order valence-corrected chi connectivity index (χ4v) is 5.07. The molecule has 2 fully saturated rings. The van der Waals surface area contributed by atoms with Gasteiger partial charge < -0.3 is 4.98 Å². The van der Waals surface area contributed by atoms with Crippen molar-refractivity contribution in [2.24, 2.45) is 5.41 Å². The SMILES string of the molecule is Cc1c[nH]cc1CN1CC2(C1)CN(Sc1ccc(C(F)(F)F)nc1C)C2. The number of aromatic nitrogens is 2. The molecule has 1 spiro atoms. The Morgan fingerprint density at radius 3 is 2.46 bits per heavy atom. The van der Waals surface area contributed by atoms with Gasteiger partial charge in [-0.15, -0.1) is 0 Å². The van der Waals surface area contributed by atoms with E-state index in [4.69, 9.17) is 0 Å². The molecule has 26 heavy (non-hydrogen) atoms. The van der Waals surface area contributed by atoms with Crippen molar-refractivity contribution in [3.05, 3.63) is 47.0 Å². The normalized spacial score (nSPS) is 20.2. The Balaban J connectivity index is 1.28. The number of nitrogens with zero attached hydrogens (tertiary/aromatic N) is 3. The molecule has 2 aromatic heterocycles. The van der Waals surface area contributed by atoms with Gasteiger partial charge in [0.1, 0.15) is 5.69 Å². The third kappa shape index (κ3) is 3.37. The predicted molar refractivity (Wildman–Crippen MR) is 94.6 cm³/mol. The quantitative estimate of drug-likeness (QED) is 0.815. The molecule has 8 heteroatoms. The van der Waals surface area contributed by atoms with Crippen LogP contribution < -0.4 is 0 Å². The molecule has 2 aliphatic heterocycles. The van der Waals surface area contributed by atoms with Crippen LogP contribution in [0.5, 0.6) is 0 Å². The van der Waals surface area contributed by atoms with Gasteiger partial charge in [0, 0.05) is 55.4 Å². The Morgan fingerprint density at radius 2 is 1.88 bits per heavy atom. The summed E-state index contributed by atoms with van der Waals surface area (Å²) in [5.74, 6) is 0. The van der Waals surface area contributed by atoms with Gasteiger partial charge in [-0.05, 0) is 49.1 Å². The molecule has 0 radical (unpaired) electrons. The van der Waals surface area contributed by atoms with Crippen molar-refractivity contribution in [2.75, 3.05) is 26.2 Å². The van der Waals surface area contributed by atoms with Crippen molar-refractivity contribution in [1.82, 2.24) is 19.2 Å². The molecule has 0 aliphatic carbocycles. The Kier molecular flexibility index (Phi) is 4.32. The highest BCUT2D eigenvalue weighted by molar-refractivity contribution is 7.97. The maximum atomic E-state index is 12.7. The first-order chi connectivity index (χ1) is 12.2. The lowest BCUT2D eigenvalue weighted by Crippen LogP contribution is -2.70. The number of nitrogens with one attached hydrogen (secondary N) is 1. The van der Waals surface area contributed by atoms with Gasteiger partial charge in [-0.2, -0.15) is 13.2 Å².